The number of anilines is 1. The van der Waals surface area contributed by atoms with Crippen LogP contribution in [0.4, 0.5) is 5.69 Å². The summed E-state index contributed by atoms with van der Waals surface area (Å²) in [7, 11) is 1.66. The van der Waals surface area contributed by atoms with Crippen LogP contribution in [0.15, 0.2) is 29.4 Å². The van der Waals surface area contributed by atoms with Gasteiger partial charge in [0.2, 0.25) is 0 Å². The van der Waals surface area contributed by atoms with E-state index in [0.29, 0.717) is 19.2 Å². The number of nitrogens with zero attached hydrogens (tertiary/aromatic N) is 3. The normalized spacial score (nSPS) is 20.2. The van der Waals surface area contributed by atoms with Crippen molar-refractivity contribution >= 4 is 23.4 Å². The number of ether oxygens (including phenoxy) is 2. The summed E-state index contributed by atoms with van der Waals surface area (Å²) < 4.78 is 12.7. The highest BCUT2D eigenvalue weighted by molar-refractivity contribution is 8.00. The van der Waals surface area contributed by atoms with Crippen LogP contribution in [0.25, 0.3) is 0 Å². The van der Waals surface area contributed by atoms with E-state index in [1.165, 1.54) is 31.0 Å². The highest BCUT2D eigenvalue weighted by Gasteiger charge is 2.31. The number of carbonyl (C=O) groups is 1. The number of benzene rings is 1. The van der Waals surface area contributed by atoms with Crippen LogP contribution in [-0.4, -0.2) is 39.7 Å². The number of esters is 1. The second-order valence-electron chi connectivity index (χ2n) is 7.21. The predicted octanol–water partition coefficient (Wildman–Crippen LogP) is 3.81. The predicted molar refractivity (Wildman–Crippen MR) is 108 cm³/mol. The molecular weight excluding hydrogens is 376 g/mol. The Kier molecular flexibility index (Phi) is 6.04. The molecule has 0 radical (unpaired) electrons. The van der Waals surface area contributed by atoms with Crippen LogP contribution in [0.2, 0.25) is 0 Å². The lowest BCUT2D eigenvalue weighted by Gasteiger charge is -2.26. The maximum Gasteiger partial charge on any atom is 0.319 e. The van der Waals surface area contributed by atoms with Crippen molar-refractivity contribution in [3.8, 4) is 5.75 Å². The van der Waals surface area contributed by atoms with Crippen molar-refractivity contribution in [2.45, 2.75) is 61.5 Å². The summed E-state index contributed by atoms with van der Waals surface area (Å²) in [6, 6.07) is 8.25. The molecule has 1 saturated heterocycles. The molecule has 0 spiro atoms. The maximum atomic E-state index is 11.9. The van der Waals surface area contributed by atoms with Crippen molar-refractivity contribution in [3.05, 3.63) is 30.1 Å². The van der Waals surface area contributed by atoms with Gasteiger partial charge in [-0.2, -0.15) is 0 Å². The van der Waals surface area contributed by atoms with Crippen molar-refractivity contribution in [3.63, 3.8) is 0 Å². The zero-order chi connectivity index (χ0) is 19.3. The Hall–Kier alpha value is -2.22. The molecule has 1 aromatic heterocycles. The molecule has 1 atom stereocenters. The zero-order valence-corrected chi connectivity index (χ0v) is 16.9. The molecule has 1 N–H and O–H groups in total. The minimum absolute atomic E-state index is 0.140. The van der Waals surface area contributed by atoms with Crippen molar-refractivity contribution in [2.75, 3.05) is 19.0 Å². The second-order valence-corrected chi connectivity index (χ2v) is 8.38. The summed E-state index contributed by atoms with van der Waals surface area (Å²) in [4.78, 5) is 11.9. The van der Waals surface area contributed by atoms with Gasteiger partial charge in [0.25, 0.3) is 0 Å². The molecular formula is C20H26N4O3S. The van der Waals surface area contributed by atoms with Crippen LogP contribution in [0.3, 0.4) is 0 Å². The van der Waals surface area contributed by atoms with E-state index in [1.54, 1.807) is 7.11 Å². The molecule has 1 aromatic carbocycles. The molecule has 0 bridgehead atoms. The SMILES string of the molecule is COc1cccc(NCc2nnc(S[C@H]3CCOC3=O)n2C2CCCCC2)c1. The molecule has 1 saturated carbocycles. The van der Waals surface area contributed by atoms with Gasteiger partial charge in [-0.3, -0.25) is 4.79 Å². The van der Waals surface area contributed by atoms with Crippen LogP contribution in [0.5, 0.6) is 5.75 Å². The number of hydrogen-bond acceptors (Lipinski definition) is 7. The first-order valence-electron chi connectivity index (χ1n) is 9.89. The number of nitrogens with one attached hydrogen (secondary N) is 1. The number of aromatic nitrogens is 3. The van der Waals surface area contributed by atoms with Gasteiger partial charge in [0.1, 0.15) is 11.0 Å². The van der Waals surface area contributed by atoms with Crippen molar-refractivity contribution in [1.82, 2.24) is 14.8 Å². The van der Waals surface area contributed by atoms with Crippen molar-refractivity contribution in [2.24, 2.45) is 0 Å². The Bertz CT molecular complexity index is 820. The van der Waals surface area contributed by atoms with Gasteiger partial charge in [0.05, 0.1) is 20.3 Å². The third-order valence-electron chi connectivity index (χ3n) is 5.33. The van der Waals surface area contributed by atoms with E-state index in [1.807, 2.05) is 24.3 Å². The largest absolute Gasteiger partial charge is 0.497 e. The number of methoxy groups -OCH3 is 1. The van der Waals surface area contributed by atoms with Gasteiger partial charge < -0.3 is 19.4 Å². The Morgan fingerprint density at radius 3 is 2.86 bits per heavy atom. The Morgan fingerprint density at radius 2 is 2.11 bits per heavy atom. The number of hydrogen-bond donors (Lipinski definition) is 1. The average molecular weight is 403 g/mol. The molecule has 0 amide bonds. The third kappa shape index (κ3) is 4.27. The zero-order valence-electron chi connectivity index (χ0n) is 16.1. The average Bonchev–Trinajstić information content (AvgIpc) is 3.33. The molecule has 2 fully saturated rings. The topological polar surface area (TPSA) is 78.3 Å². The smallest absolute Gasteiger partial charge is 0.319 e. The first-order valence-corrected chi connectivity index (χ1v) is 10.8. The van der Waals surface area contributed by atoms with Gasteiger partial charge in [-0.05, 0) is 25.0 Å². The molecule has 4 rings (SSSR count). The van der Waals surface area contributed by atoms with Crippen LogP contribution >= 0.6 is 11.8 Å². The summed E-state index contributed by atoms with van der Waals surface area (Å²) >= 11 is 1.50. The molecule has 28 heavy (non-hydrogen) atoms. The monoisotopic (exact) mass is 402 g/mol. The minimum Gasteiger partial charge on any atom is -0.497 e. The number of rotatable bonds is 7. The molecule has 7 nitrogen and oxygen atoms in total. The summed E-state index contributed by atoms with van der Waals surface area (Å²) in [6.45, 7) is 1.07. The van der Waals surface area contributed by atoms with E-state index in [2.05, 4.69) is 20.1 Å². The van der Waals surface area contributed by atoms with E-state index in [0.717, 1.165) is 41.7 Å². The first-order chi connectivity index (χ1) is 13.7. The molecule has 1 aliphatic carbocycles. The van der Waals surface area contributed by atoms with Gasteiger partial charge in [-0.15, -0.1) is 10.2 Å². The standard InChI is InChI=1S/C20H26N4O3S/c1-26-16-9-5-6-14(12-16)21-13-18-22-23-20(28-17-10-11-27-19(17)25)24(18)15-7-3-2-4-8-15/h5-6,9,12,15,17,21H,2-4,7-8,10-11,13H2,1H3/t17-/m0/s1. The van der Waals surface area contributed by atoms with Gasteiger partial charge >= 0.3 is 5.97 Å². The molecule has 2 heterocycles. The van der Waals surface area contributed by atoms with Crippen LogP contribution < -0.4 is 10.1 Å². The van der Waals surface area contributed by atoms with Crippen molar-refractivity contribution < 1.29 is 14.3 Å². The first kappa shape index (κ1) is 19.1. The van der Waals surface area contributed by atoms with Crippen LogP contribution in [-0.2, 0) is 16.1 Å². The van der Waals surface area contributed by atoms with Crippen LogP contribution in [0, 0.1) is 0 Å². The van der Waals surface area contributed by atoms with E-state index >= 15 is 0 Å². The lowest BCUT2D eigenvalue weighted by atomic mass is 9.95. The molecule has 1 aliphatic heterocycles. The number of cyclic esters (lactones) is 1. The lowest BCUT2D eigenvalue weighted by molar-refractivity contribution is -0.137. The van der Waals surface area contributed by atoms with Gasteiger partial charge in [0.15, 0.2) is 11.0 Å². The van der Waals surface area contributed by atoms with E-state index in [9.17, 15) is 4.79 Å². The summed E-state index contributed by atoms with van der Waals surface area (Å²) in [5.41, 5.74) is 0.978. The summed E-state index contributed by atoms with van der Waals surface area (Å²) in [5.74, 6) is 1.58. The fraction of sp³-hybridized carbons (Fsp3) is 0.550. The second kappa shape index (κ2) is 8.86. The fourth-order valence-corrected chi connectivity index (χ4v) is 4.93. The Labute approximate surface area is 169 Å². The molecule has 0 unspecified atom stereocenters. The third-order valence-corrected chi connectivity index (χ3v) is 6.53. The quantitative estimate of drug-likeness (QED) is 0.706. The fourth-order valence-electron chi connectivity index (χ4n) is 3.84. The number of thioether (sulfide) groups is 1. The highest BCUT2D eigenvalue weighted by atomic mass is 32.2. The van der Waals surface area contributed by atoms with Crippen molar-refractivity contribution in [1.29, 1.82) is 0 Å². The van der Waals surface area contributed by atoms with Crippen LogP contribution in [0.1, 0.15) is 50.4 Å². The lowest BCUT2D eigenvalue weighted by Crippen LogP contribution is -2.19. The molecule has 8 heteroatoms. The van der Waals surface area contributed by atoms with E-state index in [4.69, 9.17) is 9.47 Å². The van der Waals surface area contributed by atoms with Gasteiger partial charge in [-0.25, -0.2) is 0 Å². The number of carbonyl (C=O) groups excluding carboxylic acids is 1. The van der Waals surface area contributed by atoms with Gasteiger partial charge in [-0.1, -0.05) is 37.1 Å². The molecule has 150 valence electrons. The molecule has 2 aliphatic rings. The van der Waals surface area contributed by atoms with Gasteiger partial charge in [0, 0.05) is 24.2 Å². The maximum absolute atomic E-state index is 11.9. The highest BCUT2D eigenvalue weighted by Crippen LogP contribution is 2.35. The molecule has 2 aromatic rings. The Morgan fingerprint density at radius 1 is 1.25 bits per heavy atom. The Balaban J connectivity index is 1.54. The summed E-state index contributed by atoms with van der Waals surface area (Å²) in [5, 5.41) is 13.0. The minimum atomic E-state index is -0.175. The van der Waals surface area contributed by atoms with E-state index < -0.39 is 0 Å². The van der Waals surface area contributed by atoms with E-state index in [-0.39, 0.29) is 11.2 Å². The summed E-state index contributed by atoms with van der Waals surface area (Å²) in [6.07, 6.45) is 6.73.